The molecule has 1 atom stereocenters. The molecular formula is C25H25N3O6S. The van der Waals surface area contributed by atoms with E-state index in [9.17, 15) is 18.0 Å². The Kier molecular flexibility index (Phi) is 7.04. The first-order valence-corrected chi connectivity index (χ1v) is 12.3. The largest absolute Gasteiger partial charge is 0.495 e. The second-order valence-corrected chi connectivity index (χ2v) is 9.72. The summed E-state index contributed by atoms with van der Waals surface area (Å²) in [4.78, 5) is 26.9. The number of amides is 2. The highest BCUT2D eigenvalue weighted by Gasteiger charge is 2.32. The topological polar surface area (TPSA) is 114 Å². The number of carbonyl (C=O) groups is 2. The molecule has 1 fully saturated rings. The molecule has 1 aliphatic rings. The number of rotatable bonds is 8. The van der Waals surface area contributed by atoms with Crippen molar-refractivity contribution in [3.63, 3.8) is 0 Å². The van der Waals surface area contributed by atoms with Gasteiger partial charge in [0.15, 0.2) is 0 Å². The number of anilines is 1. The van der Waals surface area contributed by atoms with Crippen molar-refractivity contribution in [3.05, 3.63) is 78.4 Å². The standard InChI is InChI=1S/C25H25N3O6S/c1-26-35(31,32)23-14-17(8-13-22(23)33-2)25(30)27-18-15-24(29)28(16-18)19-9-11-21(12-10-19)34-20-6-4-3-5-7-20/h3-14,18,26H,15-16H2,1-2H3,(H,27,30). The smallest absolute Gasteiger partial charge is 0.251 e. The Morgan fingerprint density at radius 2 is 1.69 bits per heavy atom. The maximum Gasteiger partial charge on any atom is 0.251 e. The molecule has 0 spiro atoms. The van der Waals surface area contributed by atoms with Crippen molar-refractivity contribution in [2.24, 2.45) is 0 Å². The van der Waals surface area contributed by atoms with E-state index in [2.05, 4.69) is 10.0 Å². The van der Waals surface area contributed by atoms with Crippen LogP contribution in [0, 0.1) is 0 Å². The molecular weight excluding hydrogens is 470 g/mol. The maximum absolute atomic E-state index is 12.8. The SMILES string of the molecule is CNS(=O)(=O)c1cc(C(=O)NC2CC(=O)N(c3ccc(Oc4ccccc4)cc3)C2)ccc1OC. The molecule has 0 saturated carbocycles. The molecule has 1 saturated heterocycles. The monoisotopic (exact) mass is 495 g/mol. The van der Waals surface area contributed by atoms with Crippen LogP contribution in [-0.2, 0) is 14.8 Å². The summed E-state index contributed by atoms with van der Waals surface area (Å²) in [7, 11) is -1.20. The molecule has 2 N–H and O–H groups in total. The van der Waals surface area contributed by atoms with Crippen LogP contribution in [0.1, 0.15) is 16.8 Å². The van der Waals surface area contributed by atoms with Crippen molar-refractivity contribution in [2.75, 3.05) is 25.6 Å². The van der Waals surface area contributed by atoms with Gasteiger partial charge in [-0.15, -0.1) is 0 Å². The van der Waals surface area contributed by atoms with Gasteiger partial charge in [-0.1, -0.05) is 18.2 Å². The average molecular weight is 496 g/mol. The number of nitrogens with one attached hydrogen (secondary N) is 2. The van der Waals surface area contributed by atoms with Crippen LogP contribution in [0.25, 0.3) is 0 Å². The minimum absolute atomic E-state index is 0.123. The molecule has 0 aliphatic carbocycles. The van der Waals surface area contributed by atoms with Crippen LogP contribution in [0.5, 0.6) is 17.2 Å². The van der Waals surface area contributed by atoms with Crippen molar-refractivity contribution in [1.29, 1.82) is 0 Å². The van der Waals surface area contributed by atoms with Gasteiger partial charge in [-0.3, -0.25) is 9.59 Å². The summed E-state index contributed by atoms with van der Waals surface area (Å²) in [6.07, 6.45) is 0.131. The highest BCUT2D eigenvalue weighted by Crippen LogP contribution is 2.28. The molecule has 3 aromatic rings. The Morgan fingerprint density at radius 3 is 2.34 bits per heavy atom. The van der Waals surface area contributed by atoms with Crippen LogP contribution in [-0.4, -0.2) is 47.0 Å². The van der Waals surface area contributed by atoms with Gasteiger partial charge in [0.1, 0.15) is 22.1 Å². The maximum atomic E-state index is 12.8. The molecule has 182 valence electrons. The van der Waals surface area contributed by atoms with Gasteiger partial charge in [0, 0.05) is 24.2 Å². The molecule has 1 heterocycles. The summed E-state index contributed by atoms with van der Waals surface area (Å²) in [5.74, 6) is 0.872. The van der Waals surface area contributed by atoms with Crippen molar-refractivity contribution < 1.29 is 27.5 Å². The van der Waals surface area contributed by atoms with Crippen molar-refractivity contribution >= 4 is 27.5 Å². The van der Waals surface area contributed by atoms with Gasteiger partial charge in [0.05, 0.1) is 13.2 Å². The fourth-order valence-corrected chi connectivity index (χ4v) is 4.70. The first-order valence-electron chi connectivity index (χ1n) is 10.9. The van der Waals surface area contributed by atoms with Crippen LogP contribution in [0.15, 0.2) is 77.7 Å². The van der Waals surface area contributed by atoms with Gasteiger partial charge in [0.2, 0.25) is 15.9 Å². The third-order valence-electron chi connectivity index (χ3n) is 5.57. The number of hydrogen-bond acceptors (Lipinski definition) is 6. The van der Waals surface area contributed by atoms with Crippen LogP contribution in [0.3, 0.4) is 0 Å². The van der Waals surface area contributed by atoms with Gasteiger partial charge in [-0.2, -0.15) is 0 Å². The fraction of sp³-hybridized carbons (Fsp3) is 0.200. The lowest BCUT2D eigenvalue weighted by Gasteiger charge is -2.18. The molecule has 0 radical (unpaired) electrons. The van der Waals surface area contributed by atoms with Crippen molar-refractivity contribution in [3.8, 4) is 17.2 Å². The summed E-state index contributed by atoms with van der Waals surface area (Å²) in [5.41, 5.74) is 0.840. The Hall–Kier alpha value is -3.89. The van der Waals surface area contributed by atoms with E-state index in [0.717, 1.165) is 0 Å². The number of hydrogen-bond donors (Lipinski definition) is 2. The third kappa shape index (κ3) is 5.44. The first kappa shape index (κ1) is 24.2. The highest BCUT2D eigenvalue weighted by molar-refractivity contribution is 7.89. The summed E-state index contributed by atoms with van der Waals surface area (Å²) in [5, 5.41) is 2.82. The number of benzene rings is 3. The zero-order valence-electron chi connectivity index (χ0n) is 19.2. The van der Waals surface area contributed by atoms with E-state index in [1.54, 1.807) is 29.2 Å². The van der Waals surface area contributed by atoms with E-state index >= 15 is 0 Å². The molecule has 1 unspecified atom stereocenters. The lowest BCUT2D eigenvalue weighted by molar-refractivity contribution is -0.117. The number of sulfonamides is 1. The van der Waals surface area contributed by atoms with Crippen LogP contribution in [0.2, 0.25) is 0 Å². The minimum atomic E-state index is -3.83. The van der Waals surface area contributed by atoms with Gasteiger partial charge >= 0.3 is 0 Å². The number of ether oxygens (including phenoxy) is 2. The van der Waals surface area contributed by atoms with Crippen molar-refractivity contribution in [1.82, 2.24) is 10.0 Å². The summed E-state index contributed by atoms with van der Waals surface area (Å²) in [6, 6.07) is 20.2. The van der Waals surface area contributed by atoms with Gasteiger partial charge in [-0.05, 0) is 61.6 Å². The molecule has 2 amide bonds. The number of para-hydroxylation sites is 1. The molecule has 0 aromatic heterocycles. The molecule has 10 heteroatoms. The second-order valence-electron chi connectivity index (χ2n) is 7.86. The van der Waals surface area contributed by atoms with Crippen molar-refractivity contribution in [2.45, 2.75) is 17.4 Å². The zero-order chi connectivity index (χ0) is 25.0. The van der Waals surface area contributed by atoms with E-state index in [-0.39, 0.29) is 28.5 Å². The normalized spacial score (nSPS) is 15.7. The van der Waals surface area contributed by atoms with E-state index in [1.165, 1.54) is 32.4 Å². The molecule has 1 aliphatic heterocycles. The highest BCUT2D eigenvalue weighted by atomic mass is 32.2. The van der Waals surface area contributed by atoms with Crippen LogP contribution in [0.4, 0.5) is 5.69 Å². The van der Waals surface area contributed by atoms with Gasteiger partial charge < -0.3 is 19.7 Å². The summed E-state index contributed by atoms with van der Waals surface area (Å²) >= 11 is 0. The molecule has 3 aromatic carbocycles. The van der Waals surface area contributed by atoms with E-state index in [4.69, 9.17) is 9.47 Å². The Labute approximate surface area is 203 Å². The number of nitrogens with zero attached hydrogens (tertiary/aromatic N) is 1. The lowest BCUT2D eigenvalue weighted by Crippen LogP contribution is -2.37. The predicted molar refractivity (Wildman–Crippen MR) is 130 cm³/mol. The molecule has 35 heavy (non-hydrogen) atoms. The quantitative estimate of drug-likeness (QED) is 0.497. The summed E-state index contributed by atoms with van der Waals surface area (Å²) in [6.45, 7) is 0.293. The number of methoxy groups -OCH3 is 1. The lowest BCUT2D eigenvalue weighted by atomic mass is 10.1. The van der Waals surface area contributed by atoms with Crippen LogP contribution >= 0.6 is 0 Å². The Bertz CT molecular complexity index is 1330. The van der Waals surface area contributed by atoms with E-state index < -0.39 is 22.0 Å². The second kappa shape index (κ2) is 10.2. The zero-order valence-corrected chi connectivity index (χ0v) is 20.0. The predicted octanol–water partition coefficient (Wildman–Crippen LogP) is 2.93. The molecule has 4 rings (SSSR count). The minimum Gasteiger partial charge on any atom is -0.495 e. The number of carbonyl (C=O) groups excluding carboxylic acids is 2. The molecule has 0 bridgehead atoms. The van der Waals surface area contributed by atoms with Crippen LogP contribution < -0.4 is 24.4 Å². The Balaban J connectivity index is 1.43. The van der Waals surface area contributed by atoms with E-state index in [1.807, 2.05) is 30.3 Å². The molecule has 9 nitrogen and oxygen atoms in total. The average Bonchev–Trinajstić information content (AvgIpc) is 3.24. The van der Waals surface area contributed by atoms with Gasteiger partial charge in [-0.25, -0.2) is 13.1 Å². The fourth-order valence-electron chi connectivity index (χ4n) is 3.78. The summed E-state index contributed by atoms with van der Waals surface area (Å²) < 4.78 is 37.7. The van der Waals surface area contributed by atoms with E-state index in [0.29, 0.717) is 23.7 Å². The first-order chi connectivity index (χ1) is 16.8. The Morgan fingerprint density at radius 1 is 1.00 bits per heavy atom. The third-order valence-corrected chi connectivity index (χ3v) is 7.01. The van der Waals surface area contributed by atoms with Gasteiger partial charge in [0.25, 0.3) is 5.91 Å².